The van der Waals surface area contributed by atoms with Crippen molar-refractivity contribution in [3.8, 4) is 0 Å². The van der Waals surface area contributed by atoms with Gasteiger partial charge in [0.1, 0.15) is 12.4 Å². The minimum absolute atomic E-state index is 0. The lowest BCUT2D eigenvalue weighted by Gasteiger charge is -2.11. The number of guanidine groups is 1. The van der Waals surface area contributed by atoms with Crippen LogP contribution in [0.3, 0.4) is 0 Å². The van der Waals surface area contributed by atoms with Crippen LogP contribution in [0.1, 0.15) is 29.9 Å². The van der Waals surface area contributed by atoms with E-state index in [4.69, 9.17) is 0 Å². The van der Waals surface area contributed by atoms with E-state index in [0.29, 0.717) is 6.54 Å². The van der Waals surface area contributed by atoms with Gasteiger partial charge in [0.05, 0.1) is 0 Å². The summed E-state index contributed by atoms with van der Waals surface area (Å²) in [6.07, 6.45) is 2.07. The Bertz CT molecular complexity index is 593. The van der Waals surface area contributed by atoms with E-state index in [2.05, 4.69) is 50.3 Å². The van der Waals surface area contributed by atoms with Gasteiger partial charge < -0.3 is 15.2 Å². The first-order chi connectivity index (χ1) is 10.7. The van der Waals surface area contributed by atoms with E-state index in [1.54, 1.807) is 11.3 Å². The van der Waals surface area contributed by atoms with Crippen LogP contribution in [0.5, 0.6) is 0 Å². The Balaban J connectivity index is 0.00000264. The Labute approximate surface area is 158 Å². The molecule has 2 aromatic rings. The molecule has 0 aromatic carbocycles. The maximum atomic E-state index is 4.60. The number of thiophene rings is 1. The van der Waals surface area contributed by atoms with Gasteiger partial charge in [0.25, 0.3) is 0 Å². The molecule has 2 rings (SSSR count). The summed E-state index contributed by atoms with van der Waals surface area (Å²) < 4.78 is 1.96. The number of aliphatic imine (C=N–C) groups is 1. The van der Waals surface area contributed by atoms with E-state index >= 15 is 0 Å². The van der Waals surface area contributed by atoms with Crippen molar-refractivity contribution < 1.29 is 0 Å². The van der Waals surface area contributed by atoms with Crippen molar-refractivity contribution in [2.45, 2.75) is 33.2 Å². The van der Waals surface area contributed by atoms with Crippen molar-refractivity contribution in [3.05, 3.63) is 34.0 Å². The van der Waals surface area contributed by atoms with Crippen molar-refractivity contribution in [3.63, 3.8) is 0 Å². The lowest BCUT2D eigenvalue weighted by Crippen LogP contribution is -2.38. The first-order valence-electron chi connectivity index (χ1n) is 7.60. The summed E-state index contributed by atoms with van der Waals surface area (Å²) in [4.78, 5) is 5.98. The molecule has 0 aliphatic rings. The number of aryl methyl sites for hydroxylation is 1. The number of rotatable bonds is 7. The fourth-order valence-corrected chi connectivity index (χ4v) is 2.62. The number of nitrogens with zero attached hydrogens (tertiary/aromatic N) is 4. The minimum Gasteiger partial charge on any atom is -0.356 e. The molecule has 2 N–H and O–H groups in total. The van der Waals surface area contributed by atoms with Crippen molar-refractivity contribution in [2.24, 2.45) is 12.0 Å². The van der Waals surface area contributed by atoms with Crippen LogP contribution in [-0.4, -0.2) is 33.8 Å². The molecule has 2 aromatic heterocycles. The topological polar surface area (TPSA) is 67.1 Å². The highest BCUT2D eigenvalue weighted by molar-refractivity contribution is 14.0. The second-order valence-corrected chi connectivity index (χ2v) is 6.10. The molecule has 128 valence electrons. The van der Waals surface area contributed by atoms with Crippen LogP contribution in [0.2, 0.25) is 0 Å². The number of hydrogen-bond acceptors (Lipinski definition) is 4. The van der Waals surface area contributed by atoms with Gasteiger partial charge in [-0.05, 0) is 31.2 Å². The summed E-state index contributed by atoms with van der Waals surface area (Å²) in [6, 6.07) is 4.24. The van der Waals surface area contributed by atoms with E-state index in [9.17, 15) is 0 Å². The Morgan fingerprint density at radius 1 is 1.30 bits per heavy atom. The van der Waals surface area contributed by atoms with Crippen molar-refractivity contribution in [1.82, 2.24) is 25.4 Å². The number of halogens is 1. The molecule has 0 radical (unpaired) electrons. The number of nitrogens with one attached hydrogen (secondary N) is 2. The predicted octanol–water partition coefficient (Wildman–Crippen LogP) is 2.49. The fourth-order valence-electron chi connectivity index (χ4n) is 1.92. The summed E-state index contributed by atoms with van der Waals surface area (Å²) >= 11 is 1.79. The molecule has 0 aliphatic carbocycles. The van der Waals surface area contributed by atoms with Gasteiger partial charge in [-0.3, -0.25) is 0 Å². The SMILES string of the molecule is CCCNC(=NCc1nnc(C)n1C)NCCc1cccs1.I. The monoisotopic (exact) mass is 448 g/mol. The molecule has 0 saturated heterocycles. The summed E-state index contributed by atoms with van der Waals surface area (Å²) in [7, 11) is 1.96. The quantitative estimate of drug-likeness (QED) is 0.388. The molecular formula is C15H25IN6S. The Kier molecular flexibility index (Phi) is 9.15. The van der Waals surface area contributed by atoms with Crippen LogP contribution < -0.4 is 10.6 Å². The maximum absolute atomic E-state index is 4.60. The smallest absolute Gasteiger partial charge is 0.191 e. The average molecular weight is 448 g/mol. The van der Waals surface area contributed by atoms with Gasteiger partial charge >= 0.3 is 0 Å². The van der Waals surface area contributed by atoms with Gasteiger partial charge in [0.15, 0.2) is 11.8 Å². The van der Waals surface area contributed by atoms with E-state index in [0.717, 1.165) is 43.5 Å². The zero-order chi connectivity index (χ0) is 15.8. The van der Waals surface area contributed by atoms with Crippen LogP contribution in [-0.2, 0) is 20.0 Å². The van der Waals surface area contributed by atoms with Crippen LogP contribution in [0.4, 0.5) is 0 Å². The van der Waals surface area contributed by atoms with Gasteiger partial charge in [0.2, 0.25) is 0 Å². The largest absolute Gasteiger partial charge is 0.356 e. The first kappa shape index (κ1) is 19.9. The molecule has 0 fully saturated rings. The van der Waals surface area contributed by atoms with Crippen LogP contribution in [0.15, 0.2) is 22.5 Å². The summed E-state index contributed by atoms with van der Waals surface area (Å²) in [5, 5.41) is 17.0. The predicted molar refractivity (Wildman–Crippen MR) is 107 cm³/mol. The molecule has 6 nitrogen and oxygen atoms in total. The van der Waals surface area contributed by atoms with Gasteiger partial charge in [-0.1, -0.05) is 13.0 Å². The Hall–Kier alpha value is -1.16. The lowest BCUT2D eigenvalue weighted by atomic mass is 10.3. The normalized spacial score (nSPS) is 11.2. The zero-order valence-electron chi connectivity index (χ0n) is 13.9. The van der Waals surface area contributed by atoms with Crippen LogP contribution >= 0.6 is 35.3 Å². The Morgan fingerprint density at radius 3 is 2.70 bits per heavy atom. The molecule has 2 heterocycles. The molecule has 0 atom stereocenters. The molecule has 23 heavy (non-hydrogen) atoms. The molecule has 0 unspecified atom stereocenters. The van der Waals surface area contributed by atoms with E-state index in [-0.39, 0.29) is 24.0 Å². The van der Waals surface area contributed by atoms with E-state index in [1.807, 2.05) is 18.5 Å². The second-order valence-electron chi connectivity index (χ2n) is 5.07. The summed E-state index contributed by atoms with van der Waals surface area (Å²) in [6.45, 7) is 6.38. The third-order valence-electron chi connectivity index (χ3n) is 3.35. The van der Waals surface area contributed by atoms with Gasteiger partial charge in [0, 0.05) is 25.0 Å². The lowest BCUT2D eigenvalue weighted by molar-refractivity contribution is 0.742. The summed E-state index contributed by atoms with van der Waals surface area (Å²) in [5.74, 6) is 2.60. The van der Waals surface area contributed by atoms with Gasteiger partial charge in [-0.2, -0.15) is 0 Å². The van der Waals surface area contributed by atoms with Crippen LogP contribution in [0, 0.1) is 6.92 Å². The minimum atomic E-state index is 0. The third-order valence-corrected chi connectivity index (χ3v) is 4.28. The molecule has 8 heteroatoms. The van der Waals surface area contributed by atoms with Crippen LogP contribution in [0.25, 0.3) is 0 Å². The molecule has 0 saturated carbocycles. The highest BCUT2D eigenvalue weighted by Gasteiger charge is 2.05. The fraction of sp³-hybridized carbons (Fsp3) is 0.533. The van der Waals surface area contributed by atoms with Crippen molar-refractivity contribution in [1.29, 1.82) is 0 Å². The van der Waals surface area contributed by atoms with Crippen molar-refractivity contribution in [2.75, 3.05) is 13.1 Å². The summed E-state index contributed by atoms with van der Waals surface area (Å²) in [5.41, 5.74) is 0. The standard InChI is InChI=1S/C15H24N6S.HI/c1-4-8-16-15(17-9-7-13-6-5-10-22-13)18-11-14-20-19-12(2)21(14)3;/h5-6,10H,4,7-9,11H2,1-3H3,(H2,16,17,18);1H. The van der Waals surface area contributed by atoms with Gasteiger partial charge in [-0.15, -0.1) is 45.5 Å². The average Bonchev–Trinajstić information content (AvgIpc) is 3.14. The highest BCUT2D eigenvalue weighted by Crippen LogP contribution is 2.08. The molecule has 0 spiro atoms. The maximum Gasteiger partial charge on any atom is 0.191 e. The third kappa shape index (κ3) is 6.46. The Morgan fingerprint density at radius 2 is 2.09 bits per heavy atom. The number of hydrogen-bond donors (Lipinski definition) is 2. The second kappa shape index (κ2) is 10.6. The molecule has 0 bridgehead atoms. The van der Waals surface area contributed by atoms with Crippen molar-refractivity contribution >= 4 is 41.3 Å². The van der Waals surface area contributed by atoms with Gasteiger partial charge in [-0.25, -0.2) is 4.99 Å². The van der Waals surface area contributed by atoms with E-state index < -0.39 is 0 Å². The zero-order valence-corrected chi connectivity index (χ0v) is 17.0. The molecule has 0 amide bonds. The molecule has 0 aliphatic heterocycles. The molecular weight excluding hydrogens is 423 g/mol. The highest BCUT2D eigenvalue weighted by atomic mass is 127. The van der Waals surface area contributed by atoms with E-state index in [1.165, 1.54) is 4.88 Å². The number of aromatic nitrogens is 3. The first-order valence-corrected chi connectivity index (χ1v) is 8.48.